The van der Waals surface area contributed by atoms with Crippen LogP contribution in [0.1, 0.15) is 50.8 Å². The minimum absolute atomic E-state index is 0.357. The lowest BCUT2D eigenvalue weighted by Gasteiger charge is -2.36. The molecule has 1 aliphatic carbocycles. The van der Waals surface area contributed by atoms with Gasteiger partial charge in [-0.15, -0.1) is 0 Å². The Morgan fingerprint density at radius 3 is 3.00 bits per heavy atom. The van der Waals surface area contributed by atoms with Crippen molar-refractivity contribution in [3.63, 3.8) is 0 Å². The van der Waals surface area contributed by atoms with Gasteiger partial charge in [-0.2, -0.15) is 0 Å². The first-order valence-corrected chi connectivity index (χ1v) is 7.81. The highest BCUT2D eigenvalue weighted by molar-refractivity contribution is 5.09. The third-order valence-electron chi connectivity index (χ3n) is 5.10. The quantitative estimate of drug-likeness (QED) is 0.904. The van der Waals surface area contributed by atoms with Gasteiger partial charge >= 0.3 is 0 Å². The van der Waals surface area contributed by atoms with Crippen LogP contribution < -0.4 is 5.73 Å². The van der Waals surface area contributed by atoms with Gasteiger partial charge in [0.1, 0.15) is 0 Å². The normalized spacial score (nSPS) is 29.4. The van der Waals surface area contributed by atoms with E-state index in [1.54, 1.807) is 0 Å². The molecule has 1 aliphatic heterocycles. The van der Waals surface area contributed by atoms with Crippen LogP contribution in [-0.4, -0.2) is 33.6 Å². The zero-order chi connectivity index (χ0) is 13.2. The maximum atomic E-state index is 6.11. The van der Waals surface area contributed by atoms with Crippen molar-refractivity contribution in [2.45, 2.75) is 57.7 Å². The van der Waals surface area contributed by atoms with Crippen molar-refractivity contribution in [2.75, 3.05) is 13.1 Å². The molecular weight excluding hydrogens is 236 g/mol. The SMILES string of the molecule is CCn1cncc1C(CN)N1CCC2CCCCC21. The van der Waals surface area contributed by atoms with Crippen LogP contribution in [0.15, 0.2) is 12.5 Å². The van der Waals surface area contributed by atoms with Gasteiger partial charge in [-0.05, 0) is 38.6 Å². The number of nitrogens with zero attached hydrogens (tertiary/aromatic N) is 3. The monoisotopic (exact) mass is 262 g/mol. The molecule has 1 saturated carbocycles. The number of hydrogen-bond donors (Lipinski definition) is 1. The Labute approximate surface area is 116 Å². The van der Waals surface area contributed by atoms with Crippen molar-refractivity contribution < 1.29 is 0 Å². The molecule has 1 aromatic rings. The van der Waals surface area contributed by atoms with E-state index >= 15 is 0 Å². The second kappa shape index (κ2) is 5.63. The lowest BCUT2D eigenvalue weighted by atomic mass is 9.85. The maximum Gasteiger partial charge on any atom is 0.0948 e. The molecule has 2 fully saturated rings. The highest BCUT2D eigenvalue weighted by Crippen LogP contribution is 2.40. The Morgan fingerprint density at radius 2 is 2.21 bits per heavy atom. The zero-order valence-electron chi connectivity index (χ0n) is 12.0. The van der Waals surface area contributed by atoms with E-state index in [2.05, 4.69) is 21.4 Å². The molecule has 19 heavy (non-hydrogen) atoms. The maximum absolute atomic E-state index is 6.11. The molecule has 0 radical (unpaired) electrons. The largest absolute Gasteiger partial charge is 0.333 e. The Balaban J connectivity index is 1.82. The van der Waals surface area contributed by atoms with E-state index in [-0.39, 0.29) is 0 Å². The van der Waals surface area contributed by atoms with Crippen LogP contribution in [0.5, 0.6) is 0 Å². The number of nitrogens with two attached hydrogens (primary N) is 1. The molecule has 3 unspecified atom stereocenters. The number of aryl methyl sites for hydroxylation is 1. The Morgan fingerprint density at radius 1 is 1.37 bits per heavy atom. The predicted molar refractivity (Wildman–Crippen MR) is 76.8 cm³/mol. The van der Waals surface area contributed by atoms with Gasteiger partial charge in [0, 0.05) is 25.3 Å². The average Bonchev–Trinajstić information content (AvgIpc) is 3.07. The van der Waals surface area contributed by atoms with Crippen LogP contribution in [0.3, 0.4) is 0 Å². The smallest absolute Gasteiger partial charge is 0.0948 e. The van der Waals surface area contributed by atoms with Crippen LogP contribution >= 0.6 is 0 Å². The number of rotatable bonds is 4. The summed E-state index contributed by atoms with van der Waals surface area (Å²) in [6.07, 6.45) is 10.9. The second-order valence-electron chi connectivity index (χ2n) is 5.99. The lowest BCUT2D eigenvalue weighted by molar-refractivity contribution is 0.131. The molecular formula is C15H26N4. The van der Waals surface area contributed by atoms with Gasteiger partial charge in [-0.1, -0.05) is 12.8 Å². The van der Waals surface area contributed by atoms with Crippen molar-refractivity contribution in [1.82, 2.24) is 14.5 Å². The number of aromatic nitrogens is 2. The molecule has 1 aromatic heterocycles. The molecule has 0 bridgehead atoms. The molecule has 2 aliphatic rings. The minimum atomic E-state index is 0.357. The van der Waals surface area contributed by atoms with Crippen molar-refractivity contribution in [1.29, 1.82) is 0 Å². The van der Waals surface area contributed by atoms with E-state index in [9.17, 15) is 0 Å². The third kappa shape index (κ3) is 2.32. The summed E-state index contributed by atoms with van der Waals surface area (Å²) in [7, 11) is 0. The van der Waals surface area contributed by atoms with E-state index in [0.29, 0.717) is 12.6 Å². The summed E-state index contributed by atoms with van der Waals surface area (Å²) in [5, 5.41) is 0. The number of likely N-dealkylation sites (tertiary alicyclic amines) is 1. The van der Waals surface area contributed by atoms with Gasteiger partial charge in [0.2, 0.25) is 0 Å². The first kappa shape index (κ1) is 13.1. The summed E-state index contributed by atoms with van der Waals surface area (Å²) >= 11 is 0. The van der Waals surface area contributed by atoms with Gasteiger partial charge < -0.3 is 10.3 Å². The van der Waals surface area contributed by atoms with Gasteiger partial charge in [-0.25, -0.2) is 4.98 Å². The summed E-state index contributed by atoms with van der Waals surface area (Å²) in [6.45, 7) is 5.07. The van der Waals surface area contributed by atoms with Crippen LogP contribution in [-0.2, 0) is 6.54 Å². The molecule has 106 valence electrons. The fourth-order valence-electron chi connectivity index (χ4n) is 4.13. The highest BCUT2D eigenvalue weighted by atomic mass is 15.2. The van der Waals surface area contributed by atoms with Crippen LogP contribution in [0.25, 0.3) is 0 Å². The molecule has 0 aromatic carbocycles. The Kier molecular flexibility index (Phi) is 3.89. The molecule has 2 heterocycles. The lowest BCUT2D eigenvalue weighted by Crippen LogP contribution is -2.41. The molecule has 1 saturated heterocycles. The van der Waals surface area contributed by atoms with Crippen LogP contribution in [0.2, 0.25) is 0 Å². The van der Waals surface area contributed by atoms with Crippen molar-refractivity contribution in [3.8, 4) is 0 Å². The summed E-state index contributed by atoms with van der Waals surface area (Å²) in [6, 6.07) is 1.12. The predicted octanol–water partition coefficient (Wildman–Crippen LogP) is 2.17. The van der Waals surface area contributed by atoms with Gasteiger partial charge in [-0.3, -0.25) is 4.90 Å². The molecule has 4 nitrogen and oxygen atoms in total. The average molecular weight is 262 g/mol. The fourth-order valence-corrected chi connectivity index (χ4v) is 4.13. The molecule has 2 N–H and O–H groups in total. The number of fused-ring (bicyclic) bond motifs is 1. The topological polar surface area (TPSA) is 47.1 Å². The van der Waals surface area contributed by atoms with Crippen LogP contribution in [0, 0.1) is 5.92 Å². The summed E-state index contributed by atoms with van der Waals surface area (Å²) in [5.74, 6) is 0.917. The minimum Gasteiger partial charge on any atom is -0.333 e. The first-order chi connectivity index (χ1) is 9.35. The Bertz CT molecular complexity index is 414. The molecule has 0 spiro atoms. The van der Waals surface area contributed by atoms with E-state index in [1.807, 2.05) is 12.5 Å². The second-order valence-corrected chi connectivity index (χ2v) is 5.99. The van der Waals surface area contributed by atoms with Crippen LogP contribution in [0.4, 0.5) is 0 Å². The molecule has 3 atom stereocenters. The van der Waals surface area contributed by atoms with Gasteiger partial charge in [0.05, 0.1) is 18.1 Å². The molecule has 3 rings (SSSR count). The fraction of sp³-hybridized carbons (Fsp3) is 0.800. The summed E-state index contributed by atoms with van der Waals surface area (Å²) < 4.78 is 2.24. The van der Waals surface area contributed by atoms with E-state index in [4.69, 9.17) is 5.73 Å². The van der Waals surface area contributed by atoms with Crippen molar-refractivity contribution >= 4 is 0 Å². The molecule has 0 amide bonds. The highest BCUT2D eigenvalue weighted by Gasteiger charge is 2.39. The summed E-state index contributed by atoms with van der Waals surface area (Å²) in [4.78, 5) is 6.99. The first-order valence-electron chi connectivity index (χ1n) is 7.81. The number of hydrogen-bond acceptors (Lipinski definition) is 3. The van der Waals surface area contributed by atoms with Crippen molar-refractivity contribution in [2.24, 2.45) is 11.7 Å². The zero-order valence-corrected chi connectivity index (χ0v) is 12.0. The number of imidazole rings is 1. The van der Waals surface area contributed by atoms with E-state index < -0.39 is 0 Å². The van der Waals surface area contributed by atoms with Crippen molar-refractivity contribution in [3.05, 3.63) is 18.2 Å². The van der Waals surface area contributed by atoms with Gasteiger partial charge in [0.25, 0.3) is 0 Å². The van der Waals surface area contributed by atoms with Gasteiger partial charge in [0.15, 0.2) is 0 Å². The third-order valence-corrected chi connectivity index (χ3v) is 5.10. The Hall–Kier alpha value is -0.870. The summed E-state index contributed by atoms with van der Waals surface area (Å²) in [5.41, 5.74) is 7.41. The van der Waals surface area contributed by atoms with E-state index in [0.717, 1.165) is 18.5 Å². The van der Waals surface area contributed by atoms with E-state index in [1.165, 1.54) is 44.3 Å². The standard InChI is InChI=1S/C15H26N4/c1-2-18-11-17-10-15(18)14(9-16)19-8-7-12-5-3-4-6-13(12)19/h10-14H,2-9,16H2,1H3. The molecule has 4 heteroatoms.